The van der Waals surface area contributed by atoms with Crippen LogP contribution >= 0.6 is 11.6 Å². The number of hydrogen-bond acceptors (Lipinski definition) is 4. The molecule has 7 nitrogen and oxygen atoms in total. The summed E-state index contributed by atoms with van der Waals surface area (Å²) in [5.41, 5.74) is 6.03. The molecule has 1 heterocycles. The number of sulfonamides is 1. The van der Waals surface area contributed by atoms with Crippen molar-refractivity contribution in [3.63, 3.8) is 0 Å². The average Bonchev–Trinajstić information content (AvgIpc) is 2.84. The second kappa shape index (κ2) is 8.98. The van der Waals surface area contributed by atoms with Gasteiger partial charge in [-0.25, -0.2) is 8.42 Å². The maximum atomic E-state index is 13.6. The van der Waals surface area contributed by atoms with Gasteiger partial charge < -0.3 is 11.1 Å². The monoisotopic (exact) mass is 463 g/mol. The van der Waals surface area contributed by atoms with Crippen molar-refractivity contribution in [3.05, 3.63) is 64.7 Å². The van der Waals surface area contributed by atoms with Gasteiger partial charge in [0, 0.05) is 23.7 Å². The van der Waals surface area contributed by atoms with Crippen molar-refractivity contribution < 1.29 is 18.0 Å². The maximum absolute atomic E-state index is 13.6. The minimum absolute atomic E-state index is 0.0296. The zero-order valence-electron chi connectivity index (χ0n) is 17.5. The first-order valence-electron chi connectivity index (χ1n) is 9.93. The number of nitrogens with two attached hydrogens (primary N) is 1. The van der Waals surface area contributed by atoms with Gasteiger partial charge in [-0.2, -0.15) is 4.31 Å². The summed E-state index contributed by atoms with van der Waals surface area (Å²) in [5, 5.41) is 3.26. The fourth-order valence-corrected chi connectivity index (χ4v) is 5.35. The van der Waals surface area contributed by atoms with Crippen LogP contribution in [0.15, 0.2) is 53.4 Å². The van der Waals surface area contributed by atoms with Gasteiger partial charge in [0.25, 0.3) is 0 Å². The van der Waals surface area contributed by atoms with Crippen molar-refractivity contribution in [2.45, 2.75) is 44.2 Å². The molecule has 0 radical (unpaired) electrons. The van der Waals surface area contributed by atoms with Gasteiger partial charge in [0.1, 0.15) is 6.04 Å². The smallest absolute Gasteiger partial charge is 0.248 e. The summed E-state index contributed by atoms with van der Waals surface area (Å²) in [6.07, 6.45) is 1.13. The third-order valence-electron chi connectivity index (χ3n) is 5.49. The lowest BCUT2D eigenvalue weighted by Crippen LogP contribution is -2.49. The molecule has 2 amide bonds. The molecule has 0 saturated carbocycles. The Labute approximate surface area is 187 Å². The molecule has 3 rings (SSSR count). The first kappa shape index (κ1) is 23.2. The van der Waals surface area contributed by atoms with E-state index in [-0.39, 0.29) is 22.8 Å². The molecule has 1 saturated heterocycles. The predicted octanol–water partition coefficient (Wildman–Crippen LogP) is 2.93. The molecule has 166 valence electrons. The number of halogens is 1. The highest BCUT2D eigenvalue weighted by Crippen LogP contribution is 2.33. The number of carbonyl (C=O) groups is 2. The molecule has 2 aromatic rings. The van der Waals surface area contributed by atoms with Crippen molar-refractivity contribution in [2.24, 2.45) is 11.1 Å². The zero-order valence-corrected chi connectivity index (χ0v) is 19.0. The van der Waals surface area contributed by atoms with Gasteiger partial charge >= 0.3 is 0 Å². The summed E-state index contributed by atoms with van der Waals surface area (Å²) in [6.45, 7) is 4.51. The summed E-state index contributed by atoms with van der Waals surface area (Å²) >= 11 is 5.93. The Morgan fingerprint density at radius 3 is 2.35 bits per heavy atom. The van der Waals surface area contributed by atoms with Crippen LogP contribution in [-0.2, 0) is 21.4 Å². The number of nitrogens with zero attached hydrogens (tertiary/aromatic N) is 1. The Hall–Kier alpha value is -2.42. The van der Waals surface area contributed by atoms with Crippen LogP contribution in [-0.4, -0.2) is 37.1 Å². The lowest BCUT2D eigenvalue weighted by molar-refractivity contribution is -0.125. The Balaban J connectivity index is 2.05. The normalized spacial score (nSPS) is 19.0. The van der Waals surface area contributed by atoms with Crippen molar-refractivity contribution in [1.82, 2.24) is 9.62 Å². The molecule has 0 aliphatic carbocycles. The molecule has 0 bridgehead atoms. The van der Waals surface area contributed by atoms with E-state index in [0.29, 0.717) is 29.1 Å². The van der Waals surface area contributed by atoms with Crippen molar-refractivity contribution in [1.29, 1.82) is 0 Å². The molecule has 31 heavy (non-hydrogen) atoms. The second-order valence-corrected chi connectivity index (χ2v) is 10.8. The topological polar surface area (TPSA) is 110 Å². The van der Waals surface area contributed by atoms with Crippen LogP contribution in [0.5, 0.6) is 0 Å². The third-order valence-corrected chi connectivity index (χ3v) is 7.62. The summed E-state index contributed by atoms with van der Waals surface area (Å²) in [7, 11) is -4.02. The Kier molecular flexibility index (Phi) is 6.73. The number of rotatable bonds is 6. The van der Waals surface area contributed by atoms with Gasteiger partial charge in [-0.15, -0.1) is 0 Å². The predicted molar refractivity (Wildman–Crippen MR) is 119 cm³/mol. The van der Waals surface area contributed by atoms with Crippen LogP contribution in [0.1, 0.15) is 42.6 Å². The van der Waals surface area contributed by atoms with Crippen molar-refractivity contribution in [3.8, 4) is 0 Å². The van der Waals surface area contributed by atoms with Crippen LogP contribution in [0.25, 0.3) is 0 Å². The zero-order chi connectivity index (χ0) is 22.8. The first-order valence-corrected chi connectivity index (χ1v) is 11.8. The second-order valence-electron chi connectivity index (χ2n) is 8.49. The van der Waals surface area contributed by atoms with Gasteiger partial charge in [-0.3, -0.25) is 9.59 Å². The highest BCUT2D eigenvalue weighted by molar-refractivity contribution is 7.89. The van der Waals surface area contributed by atoms with E-state index in [1.54, 1.807) is 24.3 Å². The summed E-state index contributed by atoms with van der Waals surface area (Å²) < 4.78 is 28.5. The highest BCUT2D eigenvalue weighted by atomic mass is 35.5. The first-order chi connectivity index (χ1) is 14.5. The third kappa shape index (κ3) is 5.44. The van der Waals surface area contributed by atoms with Gasteiger partial charge in [0.05, 0.1) is 4.90 Å². The molecular formula is C22H26ClN3O4S. The molecule has 1 atom stereocenters. The Morgan fingerprint density at radius 1 is 1.16 bits per heavy atom. The summed E-state index contributed by atoms with van der Waals surface area (Å²) in [6, 6.07) is 11.4. The molecule has 0 spiro atoms. The largest absolute Gasteiger partial charge is 0.366 e. The van der Waals surface area contributed by atoms with Crippen molar-refractivity contribution >= 4 is 33.4 Å². The highest BCUT2D eigenvalue weighted by Gasteiger charge is 2.40. The van der Waals surface area contributed by atoms with Crippen LogP contribution in [0.2, 0.25) is 5.02 Å². The average molecular weight is 464 g/mol. The number of carbonyl (C=O) groups excluding carboxylic acids is 2. The summed E-state index contributed by atoms with van der Waals surface area (Å²) in [5.74, 6) is -0.890. The van der Waals surface area contributed by atoms with E-state index in [2.05, 4.69) is 5.32 Å². The lowest BCUT2D eigenvalue weighted by Gasteiger charge is -2.33. The summed E-state index contributed by atoms with van der Waals surface area (Å²) in [4.78, 5) is 24.3. The van der Waals surface area contributed by atoms with Gasteiger partial charge in [-0.1, -0.05) is 37.6 Å². The molecule has 1 fully saturated rings. The van der Waals surface area contributed by atoms with E-state index >= 15 is 0 Å². The molecular weight excluding hydrogens is 438 g/mol. The maximum Gasteiger partial charge on any atom is 0.248 e. The number of amides is 2. The standard InChI is InChI=1S/C22H26ClN3O4S/c1-22(2)11-12-25-21(28)19(13-22)26(14-15-3-5-16(6-4-15)20(24)27)31(29,30)18-9-7-17(23)8-10-18/h3-10,19H,11-14H2,1-2H3,(H2,24,27)(H,25,28). The molecule has 1 unspecified atom stereocenters. The number of primary amides is 1. The van der Waals surface area contributed by atoms with Crippen LogP contribution in [0.4, 0.5) is 0 Å². The van der Waals surface area contributed by atoms with Gasteiger partial charge in [-0.05, 0) is 60.2 Å². The Bertz CT molecular complexity index is 1070. The quantitative estimate of drug-likeness (QED) is 0.686. The van der Waals surface area contributed by atoms with Crippen LogP contribution in [0.3, 0.4) is 0 Å². The molecule has 9 heteroatoms. The minimum Gasteiger partial charge on any atom is -0.366 e. The lowest BCUT2D eigenvalue weighted by atomic mass is 9.83. The fraction of sp³-hybridized carbons (Fsp3) is 0.364. The van der Waals surface area contributed by atoms with Crippen LogP contribution < -0.4 is 11.1 Å². The Morgan fingerprint density at radius 2 is 1.77 bits per heavy atom. The van der Waals surface area contributed by atoms with E-state index in [1.165, 1.54) is 28.6 Å². The SMILES string of the molecule is CC1(C)CCNC(=O)C(N(Cc2ccc(C(N)=O)cc2)S(=O)(=O)c2ccc(Cl)cc2)C1. The number of benzene rings is 2. The van der Waals surface area contributed by atoms with Crippen LogP contribution in [0, 0.1) is 5.41 Å². The van der Waals surface area contributed by atoms with Gasteiger partial charge in [0.2, 0.25) is 21.8 Å². The molecule has 2 aromatic carbocycles. The van der Waals surface area contributed by atoms with Gasteiger partial charge in [0.15, 0.2) is 0 Å². The van der Waals surface area contributed by atoms with E-state index in [4.69, 9.17) is 17.3 Å². The van der Waals surface area contributed by atoms with E-state index in [0.717, 1.165) is 6.42 Å². The van der Waals surface area contributed by atoms with Crippen molar-refractivity contribution in [2.75, 3.05) is 6.54 Å². The van der Waals surface area contributed by atoms with E-state index < -0.39 is 22.0 Å². The minimum atomic E-state index is -4.02. The van der Waals surface area contributed by atoms with E-state index in [1.807, 2.05) is 13.8 Å². The number of hydrogen-bond donors (Lipinski definition) is 2. The molecule has 3 N–H and O–H groups in total. The molecule has 1 aliphatic heterocycles. The molecule has 1 aliphatic rings. The number of nitrogens with one attached hydrogen (secondary N) is 1. The fourth-order valence-electron chi connectivity index (χ4n) is 3.65. The molecule has 0 aromatic heterocycles. The van der Waals surface area contributed by atoms with E-state index in [9.17, 15) is 18.0 Å².